The standard InChI is InChI=1S/C19H24FNO3/c1-4-24-18-8-6-15(20)10-17(18)14(12-21)9-13-5-7-16(22-2)11-19(13)23-3/h5-8,10-11,14H,4,9,12,21H2,1-3H3. The molecule has 0 aliphatic heterocycles. The van der Waals surface area contributed by atoms with E-state index >= 15 is 0 Å². The Balaban J connectivity index is 2.35. The van der Waals surface area contributed by atoms with Gasteiger partial charge < -0.3 is 19.9 Å². The molecule has 0 radical (unpaired) electrons. The molecule has 130 valence electrons. The maximum atomic E-state index is 13.7. The zero-order valence-electron chi connectivity index (χ0n) is 14.3. The summed E-state index contributed by atoms with van der Waals surface area (Å²) in [6, 6.07) is 10.2. The summed E-state index contributed by atoms with van der Waals surface area (Å²) in [6.45, 7) is 2.79. The first kappa shape index (κ1) is 18.1. The lowest BCUT2D eigenvalue weighted by Crippen LogP contribution is -2.17. The number of hydrogen-bond donors (Lipinski definition) is 1. The van der Waals surface area contributed by atoms with E-state index in [1.165, 1.54) is 12.1 Å². The molecule has 0 fully saturated rings. The van der Waals surface area contributed by atoms with Gasteiger partial charge in [-0.25, -0.2) is 4.39 Å². The monoisotopic (exact) mass is 333 g/mol. The van der Waals surface area contributed by atoms with Crippen LogP contribution in [0.3, 0.4) is 0 Å². The van der Waals surface area contributed by atoms with Gasteiger partial charge in [-0.2, -0.15) is 0 Å². The van der Waals surface area contributed by atoms with Crippen molar-refractivity contribution in [2.45, 2.75) is 19.3 Å². The molecule has 1 atom stereocenters. The van der Waals surface area contributed by atoms with E-state index in [1.54, 1.807) is 20.3 Å². The highest BCUT2D eigenvalue weighted by molar-refractivity contribution is 5.44. The number of halogens is 1. The van der Waals surface area contributed by atoms with Crippen LogP contribution < -0.4 is 19.9 Å². The molecule has 24 heavy (non-hydrogen) atoms. The minimum atomic E-state index is -0.298. The molecule has 0 aliphatic carbocycles. The molecule has 2 N–H and O–H groups in total. The van der Waals surface area contributed by atoms with Gasteiger partial charge in [0.15, 0.2) is 0 Å². The first-order valence-corrected chi connectivity index (χ1v) is 7.96. The minimum absolute atomic E-state index is 0.0791. The molecule has 0 spiro atoms. The van der Waals surface area contributed by atoms with Crippen molar-refractivity contribution in [3.8, 4) is 17.2 Å². The predicted molar refractivity (Wildman–Crippen MR) is 92.6 cm³/mol. The molecule has 0 saturated heterocycles. The van der Waals surface area contributed by atoms with Gasteiger partial charge in [0.1, 0.15) is 23.1 Å². The van der Waals surface area contributed by atoms with Gasteiger partial charge in [0.05, 0.1) is 20.8 Å². The third kappa shape index (κ3) is 4.17. The van der Waals surface area contributed by atoms with E-state index in [1.807, 2.05) is 25.1 Å². The number of hydrogen-bond acceptors (Lipinski definition) is 4. The lowest BCUT2D eigenvalue weighted by atomic mass is 9.90. The van der Waals surface area contributed by atoms with E-state index in [-0.39, 0.29) is 11.7 Å². The maximum absolute atomic E-state index is 13.7. The van der Waals surface area contributed by atoms with Crippen molar-refractivity contribution in [1.82, 2.24) is 0 Å². The van der Waals surface area contributed by atoms with Crippen molar-refractivity contribution in [3.05, 3.63) is 53.3 Å². The van der Waals surface area contributed by atoms with Gasteiger partial charge in [-0.3, -0.25) is 0 Å². The molecule has 0 aromatic heterocycles. The van der Waals surface area contributed by atoms with Crippen molar-refractivity contribution >= 4 is 0 Å². The van der Waals surface area contributed by atoms with E-state index in [0.717, 1.165) is 22.6 Å². The fourth-order valence-electron chi connectivity index (χ4n) is 2.73. The third-order valence-corrected chi connectivity index (χ3v) is 3.96. The Morgan fingerprint density at radius 3 is 2.46 bits per heavy atom. The van der Waals surface area contributed by atoms with E-state index in [9.17, 15) is 4.39 Å². The topological polar surface area (TPSA) is 53.7 Å². The third-order valence-electron chi connectivity index (χ3n) is 3.96. The summed E-state index contributed by atoms with van der Waals surface area (Å²) < 4.78 is 30.0. The van der Waals surface area contributed by atoms with Crippen LogP contribution in [0.15, 0.2) is 36.4 Å². The Morgan fingerprint density at radius 2 is 1.83 bits per heavy atom. The van der Waals surface area contributed by atoms with Crippen LogP contribution in [-0.2, 0) is 6.42 Å². The van der Waals surface area contributed by atoms with Gasteiger partial charge in [0.2, 0.25) is 0 Å². The van der Waals surface area contributed by atoms with E-state index in [0.29, 0.717) is 25.3 Å². The summed E-state index contributed by atoms with van der Waals surface area (Å²) in [5.74, 6) is 1.74. The summed E-state index contributed by atoms with van der Waals surface area (Å²) in [6.07, 6.45) is 0.618. The molecule has 1 unspecified atom stereocenters. The molecular formula is C19H24FNO3. The fraction of sp³-hybridized carbons (Fsp3) is 0.368. The largest absolute Gasteiger partial charge is 0.497 e. The normalized spacial score (nSPS) is 11.9. The number of rotatable bonds is 8. The average molecular weight is 333 g/mol. The fourth-order valence-corrected chi connectivity index (χ4v) is 2.73. The van der Waals surface area contributed by atoms with Crippen LogP contribution in [0.1, 0.15) is 24.0 Å². The summed E-state index contributed by atoms with van der Waals surface area (Å²) >= 11 is 0. The van der Waals surface area contributed by atoms with Crippen molar-refractivity contribution in [1.29, 1.82) is 0 Å². The second-order valence-corrected chi connectivity index (χ2v) is 5.43. The van der Waals surface area contributed by atoms with Gasteiger partial charge in [-0.05, 0) is 49.7 Å². The number of methoxy groups -OCH3 is 2. The molecule has 2 rings (SSSR count). The molecule has 5 heteroatoms. The molecular weight excluding hydrogens is 309 g/mol. The SMILES string of the molecule is CCOc1ccc(F)cc1C(CN)Cc1ccc(OC)cc1OC. The summed E-state index contributed by atoms with van der Waals surface area (Å²) in [4.78, 5) is 0. The summed E-state index contributed by atoms with van der Waals surface area (Å²) in [7, 11) is 3.22. The molecule has 0 bridgehead atoms. The Hall–Kier alpha value is -2.27. The Labute approximate surface area is 142 Å². The molecule has 0 saturated carbocycles. The van der Waals surface area contributed by atoms with Crippen LogP contribution >= 0.6 is 0 Å². The average Bonchev–Trinajstić information content (AvgIpc) is 2.61. The van der Waals surface area contributed by atoms with E-state index in [2.05, 4.69) is 0 Å². The Bertz CT molecular complexity index is 676. The van der Waals surface area contributed by atoms with E-state index < -0.39 is 0 Å². The highest BCUT2D eigenvalue weighted by Crippen LogP contribution is 2.33. The zero-order chi connectivity index (χ0) is 17.5. The van der Waals surface area contributed by atoms with Gasteiger partial charge in [0, 0.05) is 17.5 Å². The lowest BCUT2D eigenvalue weighted by molar-refractivity contribution is 0.333. The molecule has 2 aromatic carbocycles. The smallest absolute Gasteiger partial charge is 0.125 e. The maximum Gasteiger partial charge on any atom is 0.125 e. The Kier molecular flexibility index (Phi) is 6.44. The predicted octanol–water partition coefficient (Wildman–Crippen LogP) is 3.53. The van der Waals surface area contributed by atoms with E-state index in [4.69, 9.17) is 19.9 Å². The number of benzene rings is 2. The molecule has 2 aromatic rings. The highest BCUT2D eigenvalue weighted by atomic mass is 19.1. The second-order valence-electron chi connectivity index (χ2n) is 5.43. The number of ether oxygens (including phenoxy) is 3. The van der Waals surface area contributed by atoms with Crippen LogP contribution in [-0.4, -0.2) is 27.4 Å². The zero-order valence-corrected chi connectivity index (χ0v) is 14.3. The van der Waals surface area contributed by atoms with Crippen molar-refractivity contribution in [2.75, 3.05) is 27.4 Å². The first-order valence-electron chi connectivity index (χ1n) is 7.96. The van der Waals surface area contributed by atoms with Gasteiger partial charge in [-0.15, -0.1) is 0 Å². The lowest BCUT2D eigenvalue weighted by Gasteiger charge is -2.20. The van der Waals surface area contributed by atoms with Gasteiger partial charge in [0.25, 0.3) is 0 Å². The summed E-state index contributed by atoms with van der Waals surface area (Å²) in [5.41, 5.74) is 7.73. The van der Waals surface area contributed by atoms with Crippen LogP contribution in [0.25, 0.3) is 0 Å². The van der Waals surface area contributed by atoms with Crippen LogP contribution in [0.5, 0.6) is 17.2 Å². The van der Waals surface area contributed by atoms with Crippen molar-refractivity contribution in [3.63, 3.8) is 0 Å². The molecule has 0 heterocycles. The first-order chi connectivity index (χ1) is 11.6. The second kappa shape index (κ2) is 8.55. The summed E-state index contributed by atoms with van der Waals surface area (Å²) in [5, 5.41) is 0. The van der Waals surface area contributed by atoms with Crippen LogP contribution in [0.2, 0.25) is 0 Å². The Morgan fingerprint density at radius 1 is 1.04 bits per heavy atom. The van der Waals surface area contributed by atoms with Crippen LogP contribution in [0, 0.1) is 5.82 Å². The van der Waals surface area contributed by atoms with Gasteiger partial charge >= 0.3 is 0 Å². The van der Waals surface area contributed by atoms with Crippen molar-refractivity contribution < 1.29 is 18.6 Å². The quantitative estimate of drug-likeness (QED) is 0.803. The van der Waals surface area contributed by atoms with Gasteiger partial charge in [-0.1, -0.05) is 6.07 Å². The number of nitrogens with two attached hydrogens (primary N) is 1. The molecule has 0 aliphatic rings. The van der Waals surface area contributed by atoms with Crippen molar-refractivity contribution in [2.24, 2.45) is 5.73 Å². The minimum Gasteiger partial charge on any atom is -0.497 e. The van der Waals surface area contributed by atoms with Crippen LogP contribution in [0.4, 0.5) is 4.39 Å². The highest BCUT2D eigenvalue weighted by Gasteiger charge is 2.19. The molecule has 0 amide bonds. The molecule has 4 nitrogen and oxygen atoms in total.